The van der Waals surface area contributed by atoms with Gasteiger partial charge >= 0.3 is 0 Å². The van der Waals surface area contributed by atoms with Crippen LogP contribution in [0, 0.1) is 10.8 Å². The van der Waals surface area contributed by atoms with Crippen LogP contribution in [0.1, 0.15) is 112 Å². The van der Waals surface area contributed by atoms with E-state index in [1.807, 2.05) is 0 Å². The fourth-order valence-electron chi connectivity index (χ4n) is 7.51. The molecule has 2 N–H and O–H groups in total. The predicted molar refractivity (Wildman–Crippen MR) is 237 cm³/mol. The number of nitrogens with zero attached hydrogens (tertiary/aromatic N) is 1. The molecule has 3 rings (SSSR count). The minimum Gasteiger partial charge on any atom is -0.378 e. The van der Waals surface area contributed by atoms with E-state index in [9.17, 15) is 0 Å². The van der Waals surface area contributed by atoms with Gasteiger partial charge in [0.15, 0.2) is 12.7 Å². The quantitative estimate of drug-likeness (QED) is 0.0682. The van der Waals surface area contributed by atoms with Crippen LogP contribution >= 0.6 is 0 Å². The van der Waals surface area contributed by atoms with Crippen LogP contribution in [0.3, 0.4) is 0 Å². The summed E-state index contributed by atoms with van der Waals surface area (Å²) in [5.41, 5.74) is 17.9. The Labute approximate surface area is 341 Å². The third-order valence-corrected chi connectivity index (χ3v) is 10.8. The zero-order valence-electron chi connectivity index (χ0n) is 36.6. The number of hydrogen-bond acceptors (Lipinski definition) is 5. The molecule has 0 aromatic carbocycles. The largest absolute Gasteiger partial charge is 0.378 e. The molecule has 56 heavy (non-hydrogen) atoms. The van der Waals surface area contributed by atoms with E-state index in [-0.39, 0.29) is 10.8 Å². The highest BCUT2D eigenvalue weighted by Gasteiger charge is 2.27. The van der Waals surface area contributed by atoms with Crippen LogP contribution in [0.25, 0.3) is 12.2 Å². The highest BCUT2D eigenvalue weighted by molar-refractivity contribution is 5.57. The van der Waals surface area contributed by atoms with E-state index in [2.05, 4.69) is 152 Å². The summed E-state index contributed by atoms with van der Waals surface area (Å²) >= 11 is 0. The summed E-state index contributed by atoms with van der Waals surface area (Å²) in [6.07, 6.45) is 34.2. The van der Waals surface area contributed by atoms with Crippen molar-refractivity contribution in [2.24, 2.45) is 16.6 Å². The molecule has 0 fully saturated rings. The first-order chi connectivity index (χ1) is 26.8. The number of hydrogen-bond donors (Lipinski definition) is 1. The fourth-order valence-corrected chi connectivity index (χ4v) is 7.51. The fraction of sp³-hybridized carbons (Fsp3) is 0.540. The number of pyridine rings is 1. The molecule has 6 nitrogen and oxygen atoms in total. The first kappa shape index (κ1) is 47.0. The first-order valence-electron chi connectivity index (χ1n) is 21.0. The molecule has 1 aromatic rings. The van der Waals surface area contributed by atoms with Gasteiger partial charge in [0, 0.05) is 24.8 Å². The lowest BCUT2D eigenvalue weighted by Crippen LogP contribution is -2.39. The molecule has 0 unspecified atom stereocenters. The Bertz CT molecular complexity index is 1660. The normalized spacial score (nSPS) is 18.6. The predicted octanol–water partition coefficient (Wildman–Crippen LogP) is 11.0. The summed E-state index contributed by atoms with van der Waals surface area (Å²) in [7, 11) is 0. The Morgan fingerprint density at radius 1 is 0.661 bits per heavy atom. The van der Waals surface area contributed by atoms with Crippen LogP contribution in [0.2, 0.25) is 0 Å². The summed E-state index contributed by atoms with van der Waals surface area (Å²) in [4.78, 5) is 0. The van der Waals surface area contributed by atoms with E-state index in [0.29, 0.717) is 59.4 Å². The van der Waals surface area contributed by atoms with E-state index < -0.39 is 0 Å². The van der Waals surface area contributed by atoms with Crippen molar-refractivity contribution < 1.29 is 23.5 Å². The number of rotatable bonds is 23. The van der Waals surface area contributed by atoms with Gasteiger partial charge in [-0.3, -0.25) is 0 Å². The SMILES string of the molecule is CC1=C(/C=C/C(C)=C/C=C/C(C)=C/c2cc(/C=C/C=C(C)/C=C/C3=C(C)CCCC3(C)C)cc[n+]2CCOCCOCCOCCOCCN)C(C)(C)CCC1. The van der Waals surface area contributed by atoms with E-state index in [0.717, 1.165) is 17.8 Å². The van der Waals surface area contributed by atoms with E-state index in [4.69, 9.17) is 24.7 Å². The standard InChI is InChI=1S/C50H75N2O4/c1-40(20-22-47-43(4)17-12-25-49(47,6)7)14-10-16-42(3)38-46-39-45(19-11-15-41(2)21-23-48-44(5)18-13-26-50(48,8)9)24-28-52(46)29-31-54-33-35-56-37-36-55-34-32-53-30-27-51/h10-11,14-16,19-24,28,38-39H,12-13,17-18,25-27,29-37,51H2,1-9H3/q+1/b16-10+,19-11+,22-20+,23-21+,40-14+,41-15+,42-38+. The van der Waals surface area contributed by atoms with Crippen molar-refractivity contribution in [1.82, 2.24) is 0 Å². The molecule has 0 aliphatic heterocycles. The Hall–Kier alpha value is -3.39. The van der Waals surface area contributed by atoms with Crippen molar-refractivity contribution >= 4 is 12.2 Å². The van der Waals surface area contributed by atoms with Crippen LogP contribution in [-0.2, 0) is 25.5 Å². The van der Waals surface area contributed by atoms with Gasteiger partial charge < -0.3 is 24.7 Å². The van der Waals surface area contributed by atoms with Gasteiger partial charge in [-0.05, 0) is 106 Å². The van der Waals surface area contributed by atoms with Crippen molar-refractivity contribution in [2.45, 2.75) is 107 Å². The van der Waals surface area contributed by atoms with Crippen molar-refractivity contribution in [3.8, 4) is 0 Å². The smallest absolute Gasteiger partial charge is 0.206 e. The van der Waals surface area contributed by atoms with Gasteiger partial charge in [-0.25, -0.2) is 0 Å². The zero-order chi connectivity index (χ0) is 40.8. The van der Waals surface area contributed by atoms with Gasteiger partial charge in [0.05, 0.1) is 46.2 Å². The molecule has 2 aliphatic rings. The van der Waals surface area contributed by atoms with Gasteiger partial charge in [-0.2, -0.15) is 4.57 Å². The Morgan fingerprint density at radius 2 is 1.16 bits per heavy atom. The first-order valence-corrected chi connectivity index (χ1v) is 21.0. The summed E-state index contributed by atoms with van der Waals surface area (Å²) in [5, 5.41) is 0. The van der Waals surface area contributed by atoms with Crippen molar-refractivity contribution in [3.63, 3.8) is 0 Å². The second kappa shape index (κ2) is 25.1. The zero-order valence-corrected chi connectivity index (χ0v) is 36.6. The second-order valence-corrected chi connectivity index (χ2v) is 16.8. The highest BCUT2D eigenvalue weighted by Crippen LogP contribution is 2.41. The minimum atomic E-state index is 0.246. The summed E-state index contributed by atoms with van der Waals surface area (Å²) in [5.74, 6) is 0. The molecule has 0 spiro atoms. The lowest BCUT2D eigenvalue weighted by atomic mass is 9.72. The van der Waals surface area contributed by atoms with Crippen molar-refractivity contribution in [2.75, 3.05) is 59.4 Å². The molecule has 1 heterocycles. The van der Waals surface area contributed by atoms with Gasteiger partial charge in [0.2, 0.25) is 5.69 Å². The third-order valence-electron chi connectivity index (χ3n) is 10.8. The number of nitrogens with two attached hydrogens (primary N) is 1. The molecule has 6 heteroatoms. The lowest BCUT2D eigenvalue weighted by molar-refractivity contribution is -0.700. The van der Waals surface area contributed by atoms with Gasteiger partial charge in [-0.15, -0.1) is 0 Å². The molecular weight excluding hydrogens is 693 g/mol. The third kappa shape index (κ3) is 17.4. The summed E-state index contributed by atoms with van der Waals surface area (Å²) in [6.45, 7) is 26.3. The second-order valence-electron chi connectivity index (χ2n) is 16.8. The minimum absolute atomic E-state index is 0.246. The van der Waals surface area contributed by atoms with Crippen LogP contribution in [0.4, 0.5) is 0 Å². The van der Waals surface area contributed by atoms with Crippen LogP contribution in [-0.4, -0.2) is 59.4 Å². The van der Waals surface area contributed by atoms with Gasteiger partial charge in [-0.1, -0.05) is 111 Å². The summed E-state index contributed by atoms with van der Waals surface area (Å²) in [6, 6.07) is 4.42. The Balaban J connectivity index is 1.66. The monoisotopic (exact) mass is 768 g/mol. The Kier molecular flexibility index (Phi) is 21.0. The lowest BCUT2D eigenvalue weighted by Gasteiger charge is -2.33. The van der Waals surface area contributed by atoms with E-state index in [1.165, 1.54) is 77.5 Å². The van der Waals surface area contributed by atoms with Gasteiger partial charge in [0.1, 0.15) is 6.61 Å². The Morgan fingerprint density at radius 3 is 1.68 bits per heavy atom. The molecule has 0 amide bonds. The van der Waals surface area contributed by atoms with Gasteiger partial charge in [0.25, 0.3) is 0 Å². The molecule has 2 aliphatic carbocycles. The molecular formula is C50H75N2O4+. The number of aromatic nitrogens is 1. The topological polar surface area (TPSA) is 66.8 Å². The maximum Gasteiger partial charge on any atom is 0.206 e. The average molecular weight is 768 g/mol. The molecule has 0 radical (unpaired) electrons. The number of allylic oxidation sites excluding steroid dienone is 16. The van der Waals surface area contributed by atoms with Crippen molar-refractivity contribution in [1.29, 1.82) is 0 Å². The maximum atomic E-state index is 5.95. The molecule has 0 saturated heterocycles. The molecule has 0 atom stereocenters. The van der Waals surface area contributed by atoms with Crippen LogP contribution in [0.5, 0.6) is 0 Å². The molecule has 0 bridgehead atoms. The van der Waals surface area contributed by atoms with E-state index in [1.54, 1.807) is 0 Å². The number of ether oxygens (including phenoxy) is 4. The van der Waals surface area contributed by atoms with Crippen molar-refractivity contribution in [3.05, 3.63) is 123 Å². The maximum absolute atomic E-state index is 5.95. The molecule has 1 aromatic heterocycles. The summed E-state index contributed by atoms with van der Waals surface area (Å²) < 4.78 is 24.7. The van der Waals surface area contributed by atoms with E-state index >= 15 is 0 Å². The van der Waals surface area contributed by atoms with Crippen LogP contribution < -0.4 is 10.3 Å². The average Bonchev–Trinajstić information content (AvgIpc) is 3.13. The highest BCUT2D eigenvalue weighted by atomic mass is 16.6. The molecule has 308 valence electrons. The van der Waals surface area contributed by atoms with Crippen LogP contribution in [0.15, 0.2) is 112 Å². The molecule has 0 saturated carbocycles.